The minimum Gasteiger partial charge on any atom is -0.450 e. The first kappa shape index (κ1) is 24.7. The number of nitrogens with one attached hydrogen (secondary N) is 1. The predicted octanol–water partition coefficient (Wildman–Crippen LogP) is 8.11. The number of hydrogen-bond donors (Lipinski definition) is 1. The zero-order chi connectivity index (χ0) is 24.5. The SMILES string of the molecule is C[C@@H](NC(=O)c1nn(-c2ccc(Cl)cc2Cl)c2c1CCCC2=Cc1ccc(Br)o1)C1CCCCC1. The van der Waals surface area contributed by atoms with Gasteiger partial charge in [-0.3, -0.25) is 4.79 Å². The van der Waals surface area contributed by atoms with Gasteiger partial charge in [0.05, 0.1) is 16.4 Å². The van der Waals surface area contributed by atoms with Crippen molar-refractivity contribution in [2.75, 3.05) is 0 Å². The molecule has 1 amide bonds. The van der Waals surface area contributed by atoms with Crippen molar-refractivity contribution in [2.45, 2.75) is 64.3 Å². The van der Waals surface area contributed by atoms with Crippen LogP contribution in [0.2, 0.25) is 10.0 Å². The fourth-order valence-corrected chi connectivity index (χ4v) is 6.15. The molecule has 35 heavy (non-hydrogen) atoms. The average Bonchev–Trinajstić information content (AvgIpc) is 3.43. The maximum Gasteiger partial charge on any atom is 0.272 e. The third-order valence-corrected chi connectivity index (χ3v) is 8.10. The summed E-state index contributed by atoms with van der Waals surface area (Å²) >= 11 is 16.1. The number of aromatic nitrogens is 2. The van der Waals surface area contributed by atoms with Gasteiger partial charge >= 0.3 is 0 Å². The van der Waals surface area contributed by atoms with Gasteiger partial charge in [0.1, 0.15) is 5.76 Å². The van der Waals surface area contributed by atoms with Crippen LogP contribution in [0.25, 0.3) is 17.3 Å². The Bertz CT molecular complexity index is 1270. The molecule has 8 heteroatoms. The van der Waals surface area contributed by atoms with E-state index in [0.29, 0.717) is 32.0 Å². The van der Waals surface area contributed by atoms with Gasteiger partial charge in [-0.2, -0.15) is 5.10 Å². The molecule has 1 N–H and O–H groups in total. The third kappa shape index (κ3) is 5.25. The highest BCUT2D eigenvalue weighted by atomic mass is 79.9. The summed E-state index contributed by atoms with van der Waals surface area (Å²) in [5.41, 5.74) is 4.09. The van der Waals surface area contributed by atoms with Crippen LogP contribution in [-0.4, -0.2) is 21.7 Å². The van der Waals surface area contributed by atoms with E-state index in [1.807, 2.05) is 24.3 Å². The Morgan fingerprint density at radius 2 is 1.97 bits per heavy atom. The van der Waals surface area contributed by atoms with Crippen LogP contribution in [0.15, 0.2) is 39.4 Å². The first-order chi connectivity index (χ1) is 16.9. The molecule has 0 saturated heterocycles. The zero-order valence-corrected chi connectivity index (χ0v) is 22.7. The zero-order valence-electron chi connectivity index (χ0n) is 19.6. The fraction of sp³-hybridized carbons (Fsp3) is 0.407. The van der Waals surface area contributed by atoms with Crippen molar-refractivity contribution in [3.8, 4) is 5.69 Å². The predicted molar refractivity (Wildman–Crippen MR) is 144 cm³/mol. The molecule has 0 spiro atoms. The maximum atomic E-state index is 13.5. The summed E-state index contributed by atoms with van der Waals surface area (Å²) in [7, 11) is 0. The Hall–Kier alpha value is -2.02. The van der Waals surface area contributed by atoms with Crippen LogP contribution in [0.3, 0.4) is 0 Å². The van der Waals surface area contributed by atoms with Gasteiger partial charge in [0.2, 0.25) is 0 Å². The molecule has 5 nitrogen and oxygen atoms in total. The van der Waals surface area contributed by atoms with Gasteiger partial charge in [0.15, 0.2) is 10.4 Å². The molecule has 0 radical (unpaired) electrons. The number of rotatable bonds is 5. The van der Waals surface area contributed by atoms with E-state index in [9.17, 15) is 4.79 Å². The summed E-state index contributed by atoms with van der Waals surface area (Å²) in [5.74, 6) is 1.14. The Kier molecular flexibility index (Phi) is 7.42. The van der Waals surface area contributed by atoms with Gasteiger partial charge in [-0.05, 0) is 103 Å². The highest BCUT2D eigenvalue weighted by Crippen LogP contribution is 2.38. The van der Waals surface area contributed by atoms with Crippen LogP contribution in [0.4, 0.5) is 0 Å². The Morgan fingerprint density at radius 1 is 1.17 bits per heavy atom. The number of allylic oxidation sites excluding steroid dienone is 1. The van der Waals surface area contributed by atoms with E-state index in [1.165, 1.54) is 32.1 Å². The van der Waals surface area contributed by atoms with Gasteiger partial charge in [-0.15, -0.1) is 0 Å². The molecule has 3 aromatic rings. The summed E-state index contributed by atoms with van der Waals surface area (Å²) in [5, 5.41) is 9.14. The largest absolute Gasteiger partial charge is 0.450 e. The minimum atomic E-state index is -0.120. The second-order valence-electron chi connectivity index (χ2n) is 9.51. The molecule has 2 aliphatic carbocycles. The van der Waals surface area contributed by atoms with Crippen molar-refractivity contribution < 1.29 is 9.21 Å². The van der Waals surface area contributed by atoms with Crippen LogP contribution in [-0.2, 0) is 6.42 Å². The molecule has 5 rings (SSSR count). The van der Waals surface area contributed by atoms with Crippen molar-refractivity contribution in [3.63, 3.8) is 0 Å². The van der Waals surface area contributed by atoms with Crippen molar-refractivity contribution >= 4 is 56.7 Å². The average molecular weight is 577 g/mol. The lowest BCUT2D eigenvalue weighted by molar-refractivity contribution is 0.0912. The second-order valence-corrected chi connectivity index (χ2v) is 11.1. The third-order valence-electron chi connectivity index (χ3n) is 7.14. The molecule has 1 atom stereocenters. The summed E-state index contributed by atoms with van der Waals surface area (Å²) in [6.45, 7) is 2.12. The summed E-state index contributed by atoms with van der Waals surface area (Å²) in [4.78, 5) is 13.5. The van der Waals surface area contributed by atoms with E-state index in [-0.39, 0.29) is 11.9 Å². The van der Waals surface area contributed by atoms with E-state index in [0.717, 1.165) is 41.9 Å². The Balaban J connectivity index is 1.57. The molecule has 0 unspecified atom stereocenters. The van der Waals surface area contributed by atoms with Crippen LogP contribution in [0.5, 0.6) is 0 Å². The number of furan rings is 1. The van der Waals surface area contributed by atoms with Crippen LogP contribution < -0.4 is 5.32 Å². The van der Waals surface area contributed by atoms with E-state index < -0.39 is 0 Å². The van der Waals surface area contributed by atoms with E-state index in [1.54, 1.807) is 16.8 Å². The number of hydrogen-bond acceptors (Lipinski definition) is 3. The number of benzene rings is 1. The number of halogens is 3. The number of nitrogens with zero attached hydrogens (tertiary/aromatic N) is 2. The van der Waals surface area contributed by atoms with Gasteiger partial charge in [0, 0.05) is 16.6 Å². The molecule has 0 bridgehead atoms. The van der Waals surface area contributed by atoms with Crippen molar-refractivity contribution in [2.24, 2.45) is 5.92 Å². The molecular weight excluding hydrogens is 549 g/mol. The molecule has 2 heterocycles. The molecule has 1 fully saturated rings. The highest BCUT2D eigenvalue weighted by Gasteiger charge is 2.31. The standard InChI is InChI=1S/C27H28BrCl2N3O2/c1-16(17-6-3-2-4-7-17)31-27(34)25-21-9-5-8-18(14-20-11-13-24(28)35-20)26(21)33(32-25)23-12-10-19(29)15-22(23)30/h10-17H,2-9H2,1H3,(H,31,34)/t16-/m1/s1. The molecule has 2 aliphatic rings. The highest BCUT2D eigenvalue weighted by molar-refractivity contribution is 9.10. The fourth-order valence-electron chi connectivity index (χ4n) is 5.35. The Morgan fingerprint density at radius 3 is 2.69 bits per heavy atom. The monoisotopic (exact) mass is 575 g/mol. The molecular formula is C27H28BrCl2N3O2. The Labute approximate surface area is 224 Å². The number of fused-ring (bicyclic) bond motifs is 1. The second kappa shape index (κ2) is 10.5. The lowest BCUT2D eigenvalue weighted by Crippen LogP contribution is -2.39. The number of carbonyl (C=O) groups excluding carboxylic acids is 1. The summed E-state index contributed by atoms with van der Waals surface area (Å²) < 4.78 is 8.22. The van der Waals surface area contributed by atoms with E-state index in [2.05, 4.69) is 28.2 Å². The van der Waals surface area contributed by atoms with Gasteiger partial charge in [-0.25, -0.2) is 4.68 Å². The van der Waals surface area contributed by atoms with E-state index >= 15 is 0 Å². The smallest absolute Gasteiger partial charge is 0.272 e. The molecule has 0 aliphatic heterocycles. The maximum absolute atomic E-state index is 13.5. The number of carbonyl (C=O) groups is 1. The summed E-state index contributed by atoms with van der Waals surface area (Å²) in [6.07, 6.45) is 10.7. The normalized spacial score (nSPS) is 18.5. The van der Waals surface area contributed by atoms with Crippen molar-refractivity contribution in [1.82, 2.24) is 15.1 Å². The van der Waals surface area contributed by atoms with Crippen molar-refractivity contribution in [1.29, 1.82) is 0 Å². The van der Waals surface area contributed by atoms with Crippen LogP contribution in [0, 0.1) is 5.92 Å². The minimum absolute atomic E-state index is 0.113. The van der Waals surface area contributed by atoms with E-state index in [4.69, 9.17) is 32.7 Å². The van der Waals surface area contributed by atoms with Crippen LogP contribution in [0.1, 0.15) is 79.4 Å². The molecule has 2 aromatic heterocycles. The van der Waals surface area contributed by atoms with Gasteiger partial charge < -0.3 is 9.73 Å². The van der Waals surface area contributed by atoms with Gasteiger partial charge in [0.25, 0.3) is 5.91 Å². The molecule has 184 valence electrons. The molecule has 1 saturated carbocycles. The molecule has 1 aromatic carbocycles. The lowest BCUT2D eigenvalue weighted by atomic mass is 9.84. The quantitative estimate of drug-likeness (QED) is 0.333. The lowest BCUT2D eigenvalue weighted by Gasteiger charge is -2.28. The van der Waals surface area contributed by atoms with Crippen molar-refractivity contribution in [3.05, 3.63) is 67.8 Å². The number of amides is 1. The first-order valence-electron chi connectivity index (χ1n) is 12.2. The first-order valence-corrected chi connectivity index (χ1v) is 13.8. The van der Waals surface area contributed by atoms with Crippen LogP contribution >= 0.6 is 39.1 Å². The topological polar surface area (TPSA) is 60.1 Å². The van der Waals surface area contributed by atoms with Gasteiger partial charge in [-0.1, -0.05) is 42.5 Å². The summed E-state index contributed by atoms with van der Waals surface area (Å²) in [6, 6.07) is 9.24.